The maximum atomic E-state index is 6.02. The number of ether oxygens (including phenoxy) is 2. The highest BCUT2D eigenvalue weighted by Crippen LogP contribution is 2.25. The van der Waals surface area contributed by atoms with Gasteiger partial charge in [0, 0.05) is 32.0 Å². The summed E-state index contributed by atoms with van der Waals surface area (Å²) in [5.41, 5.74) is 5.65. The molecular formula is C16H19ClN4O2. The zero-order chi connectivity index (χ0) is 16.2. The molecule has 1 saturated heterocycles. The van der Waals surface area contributed by atoms with Gasteiger partial charge in [-0.1, -0.05) is 11.6 Å². The van der Waals surface area contributed by atoms with E-state index in [0.717, 1.165) is 43.2 Å². The number of piperidine rings is 1. The van der Waals surface area contributed by atoms with Crippen LogP contribution < -0.4 is 20.1 Å². The third kappa shape index (κ3) is 3.96. The Hall–Kier alpha value is -2.21. The molecular weight excluding hydrogens is 316 g/mol. The van der Waals surface area contributed by atoms with Crippen molar-refractivity contribution >= 4 is 23.4 Å². The molecule has 0 atom stereocenters. The van der Waals surface area contributed by atoms with Crippen LogP contribution in [0.1, 0.15) is 12.8 Å². The Kier molecular flexibility index (Phi) is 4.71. The second kappa shape index (κ2) is 6.91. The average Bonchev–Trinajstić information content (AvgIpc) is 2.55. The van der Waals surface area contributed by atoms with Gasteiger partial charge in [0.25, 0.3) is 0 Å². The molecule has 2 heterocycles. The number of anilines is 2. The number of halogens is 1. The van der Waals surface area contributed by atoms with Crippen molar-refractivity contribution in [3.8, 4) is 11.5 Å². The number of nitrogens with two attached hydrogens (primary N) is 1. The monoisotopic (exact) mass is 334 g/mol. The van der Waals surface area contributed by atoms with Gasteiger partial charge in [-0.15, -0.1) is 0 Å². The molecule has 2 aromatic rings. The van der Waals surface area contributed by atoms with Gasteiger partial charge in [-0.3, -0.25) is 0 Å². The predicted octanol–water partition coefficient (Wildman–Crippen LogP) is 2.77. The van der Waals surface area contributed by atoms with Gasteiger partial charge < -0.3 is 20.1 Å². The molecule has 1 fully saturated rings. The first kappa shape index (κ1) is 15.7. The Morgan fingerprint density at radius 1 is 1.13 bits per heavy atom. The van der Waals surface area contributed by atoms with Crippen molar-refractivity contribution in [3.63, 3.8) is 0 Å². The molecule has 2 N–H and O–H groups in total. The number of nitrogens with zero attached hydrogens (tertiary/aromatic N) is 3. The third-order valence-corrected chi connectivity index (χ3v) is 4.02. The van der Waals surface area contributed by atoms with Crippen LogP contribution in [0.25, 0.3) is 0 Å². The van der Waals surface area contributed by atoms with Gasteiger partial charge in [0.15, 0.2) is 0 Å². The molecule has 0 radical (unpaired) electrons. The van der Waals surface area contributed by atoms with Gasteiger partial charge in [0.1, 0.15) is 28.6 Å². The lowest BCUT2D eigenvalue weighted by Crippen LogP contribution is -2.38. The normalized spacial score (nSPS) is 15.5. The Morgan fingerprint density at radius 2 is 1.78 bits per heavy atom. The summed E-state index contributed by atoms with van der Waals surface area (Å²) in [4.78, 5) is 10.3. The minimum atomic E-state index is 0.189. The molecule has 122 valence electrons. The maximum absolute atomic E-state index is 6.02. The van der Waals surface area contributed by atoms with Gasteiger partial charge in [-0.05, 0) is 24.3 Å². The van der Waals surface area contributed by atoms with E-state index >= 15 is 0 Å². The van der Waals surface area contributed by atoms with E-state index in [1.54, 1.807) is 13.2 Å². The number of rotatable bonds is 4. The molecule has 0 amide bonds. The fraction of sp³-hybridized carbons (Fsp3) is 0.375. The first-order valence-electron chi connectivity index (χ1n) is 7.50. The van der Waals surface area contributed by atoms with Crippen LogP contribution in [0.4, 0.5) is 11.8 Å². The van der Waals surface area contributed by atoms with Crippen molar-refractivity contribution in [1.82, 2.24) is 9.97 Å². The zero-order valence-electron chi connectivity index (χ0n) is 12.9. The van der Waals surface area contributed by atoms with E-state index in [9.17, 15) is 0 Å². The number of hydrogen-bond donors (Lipinski definition) is 1. The van der Waals surface area contributed by atoms with Crippen LogP contribution in [0.3, 0.4) is 0 Å². The van der Waals surface area contributed by atoms with Crippen molar-refractivity contribution < 1.29 is 9.47 Å². The van der Waals surface area contributed by atoms with Crippen molar-refractivity contribution in [2.75, 3.05) is 30.8 Å². The average molecular weight is 335 g/mol. The number of nitrogen functional groups attached to an aromatic ring is 1. The predicted molar refractivity (Wildman–Crippen MR) is 90.3 cm³/mol. The highest BCUT2D eigenvalue weighted by Gasteiger charge is 2.22. The van der Waals surface area contributed by atoms with Crippen LogP contribution in [0.5, 0.6) is 11.5 Å². The highest BCUT2D eigenvalue weighted by molar-refractivity contribution is 6.29. The van der Waals surface area contributed by atoms with Gasteiger partial charge >= 0.3 is 0 Å². The van der Waals surface area contributed by atoms with Gasteiger partial charge in [-0.25, -0.2) is 4.98 Å². The lowest BCUT2D eigenvalue weighted by Gasteiger charge is -2.33. The van der Waals surface area contributed by atoms with Crippen molar-refractivity contribution in [3.05, 3.63) is 35.5 Å². The van der Waals surface area contributed by atoms with Crippen molar-refractivity contribution in [1.29, 1.82) is 0 Å². The quantitative estimate of drug-likeness (QED) is 0.867. The Balaban J connectivity index is 1.57. The lowest BCUT2D eigenvalue weighted by atomic mass is 10.1. The molecule has 1 aromatic carbocycles. The highest BCUT2D eigenvalue weighted by atomic mass is 35.5. The topological polar surface area (TPSA) is 73.5 Å². The van der Waals surface area contributed by atoms with E-state index in [0.29, 0.717) is 5.15 Å². The summed E-state index contributed by atoms with van der Waals surface area (Å²) in [6, 6.07) is 9.39. The van der Waals surface area contributed by atoms with E-state index in [1.807, 2.05) is 24.3 Å². The van der Waals surface area contributed by atoms with Crippen LogP contribution in [-0.2, 0) is 0 Å². The SMILES string of the molecule is COc1ccc(OC2CCN(c3cc(Cl)nc(N)n3)CC2)cc1. The van der Waals surface area contributed by atoms with E-state index in [-0.39, 0.29) is 12.1 Å². The van der Waals surface area contributed by atoms with Crippen molar-refractivity contribution in [2.45, 2.75) is 18.9 Å². The van der Waals surface area contributed by atoms with Crippen LogP contribution in [0, 0.1) is 0 Å². The second-order valence-electron chi connectivity index (χ2n) is 5.39. The lowest BCUT2D eigenvalue weighted by molar-refractivity contribution is 0.170. The van der Waals surface area contributed by atoms with Crippen LogP contribution in [0.2, 0.25) is 5.15 Å². The van der Waals surface area contributed by atoms with E-state index < -0.39 is 0 Å². The van der Waals surface area contributed by atoms with Gasteiger partial charge in [0.2, 0.25) is 5.95 Å². The summed E-state index contributed by atoms with van der Waals surface area (Å²) in [7, 11) is 1.65. The van der Waals surface area contributed by atoms with E-state index in [4.69, 9.17) is 26.8 Å². The molecule has 0 spiro atoms. The minimum Gasteiger partial charge on any atom is -0.497 e. The van der Waals surface area contributed by atoms with Crippen LogP contribution in [0.15, 0.2) is 30.3 Å². The molecule has 1 aliphatic heterocycles. The smallest absolute Gasteiger partial charge is 0.223 e. The van der Waals surface area contributed by atoms with Crippen molar-refractivity contribution in [2.24, 2.45) is 0 Å². The van der Waals surface area contributed by atoms with Gasteiger partial charge in [0.05, 0.1) is 7.11 Å². The molecule has 0 saturated carbocycles. The molecule has 0 bridgehead atoms. The first-order chi connectivity index (χ1) is 11.1. The van der Waals surface area contributed by atoms with E-state index in [2.05, 4.69) is 14.9 Å². The number of methoxy groups -OCH3 is 1. The summed E-state index contributed by atoms with van der Waals surface area (Å²) in [6.45, 7) is 1.68. The molecule has 0 unspecified atom stereocenters. The van der Waals surface area contributed by atoms with Gasteiger partial charge in [-0.2, -0.15) is 4.98 Å². The molecule has 23 heavy (non-hydrogen) atoms. The molecule has 6 nitrogen and oxygen atoms in total. The number of aromatic nitrogens is 2. The Bertz CT molecular complexity index is 637. The molecule has 3 rings (SSSR count). The Morgan fingerprint density at radius 3 is 2.39 bits per heavy atom. The fourth-order valence-electron chi connectivity index (χ4n) is 2.63. The van der Waals surface area contributed by atoms with Crippen LogP contribution >= 0.6 is 11.6 Å². The second-order valence-corrected chi connectivity index (χ2v) is 5.77. The Labute approximate surface area is 140 Å². The summed E-state index contributed by atoms with van der Waals surface area (Å²) >= 11 is 5.94. The van der Waals surface area contributed by atoms with Crippen LogP contribution in [-0.4, -0.2) is 36.3 Å². The molecule has 1 aliphatic rings. The standard InChI is InChI=1S/C16H19ClN4O2/c1-22-11-2-4-12(5-3-11)23-13-6-8-21(9-7-13)15-10-14(17)19-16(18)20-15/h2-5,10,13H,6-9H2,1H3,(H2,18,19,20). The third-order valence-electron chi connectivity index (χ3n) is 3.83. The maximum Gasteiger partial charge on any atom is 0.223 e. The molecule has 7 heteroatoms. The number of benzene rings is 1. The van der Waals surface area contributed by atoms with E-state index in [1.165, 1.54) is 0 Å². The summed E-state index contributed by atoms with van der Waals surface area (Å²) < 4.78 is 11.2. The largest absolute Gasteiger partial charge is 0.497 e. The first-order valence-corrected chi connectivity index (χ1v) is 7.87. The zero-order valence-corrected chi connectivity index (χ0v) is 13.7. The number of hydrogen-bond acceptors (Lipinski definition) is 6. The fourth-order valence-corrected chi connectivity index (χ4v) is 2.82. The minimum absolute atomic E-state index is 0.189. The summed E-state index contributed by atoms with van der Waals surface area (Å²) in [5, 5.41) is 0.365. The summed E-state index contributed by atoms with van der Waals surface area (Å²) in [6.07, 6.45) is 2.01. The molecule has 0 aliphatic carbocycles. The summed E-state index contributed by atoms with van der Waals surface area (Å²) in [5.74, 6) is 2.65. The molecule has 1 aromatic heterocycles.